The molecule has 0 radical (unpaired) electrons. The van der Waals surface area contributed by atoms with Gasteiger partial charge in [-0.15, -0.1) is 0 Å². The molecule has 0 atom stereocenters. The number of nitrogens with one attached hydrogen (secondary N) is 1. The number of halogens is 1. The number of piperidine rings is 1. The van der Waals surface area contributed by atoms with Crippen molar-refractivity contribution in [1.29, 1.82) is 0 Å². The molecule has 3 rings (SSSR count). The van der Waals surface area contributed by atoms with E-state index in [4.69, 9.17) is 4.74 Å². The van der Waals surface area contributed by atoms with Crippen LogP contribution in [0, 0.1) is 5.82 Å². The second kappa shape index (κ2) is 7.92. The molecule has 0 bridgehead atoms. The normalized spacial score (nSPS) is 14.2. The molecule has 1 aromatic carbocycles. The molecule has 2 heterocycles. The van der Waals surface area contributed by atoms with Crippen molar-refractivity contribution in [3.05, 3.63) is 47.5 Å². The van der Waals surface area contributed by atoms with Crippen LogP contribution < -0.4 is 15.0 Å². The summed E-state index contributed by atoms with van der Waals surface area (Å²) in [6.45, 7) is 2.18. The van der Waals surface area contributed by atoms with Crippen LogP contribution >= 0.6 is 0 Å². The van der Waals surface area contributed by atoms with E-state index in [1.807, 2.05) is 0 Å². The Labute approximate surface area is 146 Å². The molecule has 1 aliphatic heterocycles. The molecule has 7 heteroatoms. The van der Waals surface area contributed by atoms with Crippen molar-refractivity contribution in [3.63, 3.8) is 0 Å². The minimum Gasteiger partial charge on any atom is -0.494 e. The van der Waals surface area contributed by atoms with E-state index in [0.717, 1.165) is 37.7 Å². The predicted molar refractivity (Wildman–Crippen MR) is 92.2 cm³/mol. The standard InChI is InChI=1S/C18H21FN4O2/c1-25-16-6-5-13(11-15(16)19)17(24)21-12-14-7-8-20-18(22-14)23-9-3-2-4-10-23/h5-8,11H,2-4,9-10,12H2,1H3,(H,21,24). The monoisotopic (exact) mass is 344 g/mol. The van der Waals surface area contributed by atoms with Gasteiger partial charge in [0.2, 0.25) is 5.95 Å². The summed E-state index contributed by atoms with van der Waals surface area (Å²) < 4.78 is 18.6. The zero-order valence-electron chi connectivity index (χ0n) is 14.2. The molecule has 0 unspecified atom stereocenters. The number of hydrogen-bond donors (Lipinski definition) is 1. The highest BCUT2D eigenvalue weighted by Gasteiger charge is 2.14. The van der Waals surface area contributed by atoms with Gasteiger partial charge in [-0.3, -0.25) is 4.79 Å². The first-order valence-electron chi connectivity index (χ1n) is 8.36. The van der Waals surface area contributed by atoms with E-state index in [1.54, 1.807) is 12.3 Å². The van der Waals surface area contributed by atoms with Gasteiger partial charge in [0.25, 0.3) is 5.91 Å². The Bertz CT molecular complexity index is 748. The number of carbonyl (C=O) groups excluding carboxylic acids is 1. The fraction of sp³-hybridized carbons (Fsp3) is 0.389. The fourth-order valence-corrected chi connectivity index (χ4v) is 2.81. The van der Waals surface area contributed by atoms with Gasteiger partial charge in [-0.2, -0.15) is 0 Å². The molecule has 132 valence electrons. The molecular formula is C18H21FN4O2. The Balaban J connectivity index is 1.63. The summed E-state index contributed by atoms with van der Waals surface area (Å²) in [6.07, 6.45) is 5.23. The lowest BCUT2D eigenvalue weighted by atomic mass is 10.1. The second-order valence-corrected chi connectivity index (χ2v) is 5.93. The minimum atomic E-state index is -0.565. The Morgan fingerprint density at radius 2 is 2.08 bits per heavy atom. The van der Waals surface area contributed by atoms with Gasteiger partial charge in [0.05, 0.1) is 19.3 Å². The van der Waals surface area contributed by atoms with Crippen molar-refractivity contribution < 1.29 is 13.9 Å². The first kappa shape index (κ1) is 17.1. The van der Waals surface area contributed by atoms with Crippen LogP contribution in [0.3, 0.4) is 0 Å². The predicted octanol–water partition coefficient (Wildman–Crippen LogP) is 2.54. The zero-order chi connectivity index (χ0) is 17.6. The summed E-state index contributed by atoms with van der Waals surface area (Å²) in [6, 6.07) is 5.88. The Morgan fingerprint density at radius 3 is 2.80 bits per heavy atom. The average molecular weight is 344 g/mol. The highest BCUT2D eigenvalue weighted by atomic mass is 19.1. The van der Waals surface area contributed by atoms with Crippen molar-refractivity contribution in [2.75, 3.05) is 25.1 Å². The molecule has 0 spiro atoms. The summed E-state index contributed by atoms with van der Waals surface area (Å²) in [5, 5.41) is 2.75. The lowest BCUT2D eigenvalue weighted by molar-refractivity contribution is 0.0950. The molecule has 1 amide bonds. The van der Waals surface area contributed by atoms with Crippen LogP contribution in [-0.2, 0) is 6.54 Å². The highest BCUT2D eigenvalue weighted by molar-refractivity contribution is 5.94. The molecule has 1 aromatic heterocycles. The molecular weight excluding hydrogens is 323 g/mol. The van der Waals surface area contributed by atoms with Crippen LogP contribution in [0.1, 0.15) is 35.3 Å². The van der Waals surface area contributed by atoms with Crippen LogP contribution in [0.2, 0.25) is 0 Å². The van der Waals surface area contributed by atoms with E-state index < -0.39 is 5.82 Å². The summed E-state index contributed by atoms with van der Waals surface area (Å²) in [5.41, 5.74) is 0.960. The Morgan fingerprint density at radius 1 is 1.28 bits per heavy atom. The maximum atomic E-state index is 13.7. The van der Waals surface area contributed by atoms with E-state index in [0.29, 0.717) is 5.95 Å². The van der Waals surface area contributed by atoms with Crippen molar-refractivity contribution >= 4 is 11.9 Å². The number of rotatable bonds is 5. The van der Waals surface area contributed by atoms with Crippen LogP contribution in [-0.4, -0.2) is 36.1 Å². The van der Waals surface area contributed by atoms with E-state index in [9.17, 15) is 9.18 Å². The van der Waals surface area contributed by atoms with Crippen molar-refractivity contribution in [2.24, 2.45) is 0 Å². The molecule has 1 saturated heterocycles. The molecule has 6 nitrogen and oxygen atoms in total. The highest BCUT2D eigenvalue weighted by Crippen LogP contribution is 2.18. The Kier molecular flexibility index (Phi) is 5.42. The number of carbonyl (C=O) groups is 1. The SMILES string of the molecule is COc1ccc(C(=O)NCc2ccnc(N3CCCCC3)n2)cc1F. The Hall–Kier alpha value is -2.70. The number of methoxy groups -OCH3 is 1. The summed E-state index contributed by atoms with van der Waals surface area (Å²) in [7, 11) is 1.38. The van der Waals surface area contributed by atoms with Crippen molar-refractivity contribution in [3.8, 4) is 5.75 Å². The van der Waals surface area contributed by atoms with Crippen LogP contribution in [0.15, 0.2) is 30.5 Å². The van der Waals surface area contributed by atoms with Crippen LogP contribution in [0.5, 0.6) is 5.75 Å². The second-order valence-electron chi connectivity index (χ2n) is 5.93. The lowest BCUT2D eigenvalue weighted by Gasteiger charge is -2.26. The largest absolute Gasteiger partial charge is 0.494 e. The zero-order valence-corrected chi connectivity index (χ0v) is 14.2. The van der Waals surface area contributed by atoms with Gasteiger partial charge in [0.15, 0.2) is 11.6 Å². The third-order valence-electron chi connectivity index (χ3n) is 4.18. The number of nitrogens with zero attached hydrogens (tertiary/aromatic N) is 3. The fourth-order valence-electron chi connectivity index (χ4n) is 2.81. The summed E-state index contributed by atoms with van der Waals surface area (Å²) in [5.74, 6) is -0.121. The van der Waals surface area contributed by atoms with Gasteiger partial charge in [0.1, 0.15) is 0 Å². The number of ether oxygens (including phenoxy) is 1. The number of benzene rings is 1. The number of amides is 1. The van der Waals surface area contributed by atoms with Crippen LogP contribution in [0.25, 0.3) is 0 Å². The third-order valence-corrected chi connectivity index (χ3v) is 4.18. The van der Waals surface area contributed by atoms with Gasteiger partial charge in [0, 0.05) is 24.8 Å². The average Bonchev–Trinajstić information content (AvgIpc) is 2.67. The van der Waals surface area contributed by atoms with Gasteiger partial charge < -0.3 is 15.0 Å². The lowest BCUT2D eigenvalue weighted by Crippen LogP contribution is -2.31. The van der Waals surface area contributed by atoms with Crippen molar-refractivity contribution in [2.45, 2.75) is 25.8 Å². The smallest absolute Gasteiger partial charge is 0.251 e. The number of anilines is 1. The maximum Gasteiger partial charge on any atom is 0.251 e. The molecule has 0 saturated carbocycles. The summed E-state index contributed by atoms with van der Waals surface area (Å²) >= 11 is 0. The number of hydrogen-bond acceptors (Lipinski definition) is 5. The molecule has 1 N–H and O–H groups in total. The van der Waals surface area contributed by atoms with E-state index in [1.165, 1.54) is 25.7 Å². The topological polar surface area (TPSA) is 67.3 Å². The van der Waals surface area contributed by atoms with Crippen molar-refractivity contribution in [1.82, 2.24) is 15.3 Å². The summed E-state index contributed by atoms with van der Waals surface area (Å²) in [4.78, 5) is 23.2. The van der Waals surface area contributed by atoms with E-state index >= 15 is 0 Å². The van der Waals surface area contributed by atoms with E-state index in [2.05, 4.69) is 20.2 Å². The van der Waals surface area contributed by atoms with Gasteiger partial charge >= 0.3 is 0 Å². The van der Waals surface area contributed by atoms with Gasteiger partial charge in [-0.25, -0.2) is 14.4 Å². The first-order chi connectivity index (χ1) is 12.2. The molecule has 0 aliphatic carbocycles. The van der Waals surface area contributed by atoms with Gasteiger partial charge in [-0.05, 0) is 43.5 Å². The minimum absolute atomic E-state index is 0.110. The van der Waals surface area contributed by atoms with Gasteiger partial charge in [-0.1, -0.05) is 0 Å². The first-order valence-corrected chi connectivity index (χ1v) is 8.36. The molecule has 25 heavy (non-hydrogen) atoms. The third kappa shape index (κ3) is 4.23. The number of aromatic nitrogens is 2. The quantitative estimate of drug-likeness (QED) is 0.903. The van der Waals surface area contributed by atoms with Crippen LogP contribution in [0.4, 0.5) is 10.3 Å². The maximum absolute atomic E-state index is 13.7. The molecule has 2 aromatic rings. The van der Waals surface area contributed by atoms with E-state index in [-0.39, 0.29) is 23.8 Å². The molecule has 1 aliphatic rings. The molecule has 1 fully saturated rings.